The first-order chi connectivity index (χ1) is 11.3. The summed E-state index contributed by atoms with van der Waals surface area (Å²) in [5, 5.41) is 3.63. The fourth-order valence-corrected chi connectivity index (χ4v) is 3.64. The second-order valence-electron chi connectivity index (χ2n) is 6.05. The van der Waals surface area contributed by atoms with Gasteiger partial charge in [0.1, 0.15) is 13.2 Å². The molecule has 1 atom stereocenters. The van der Waals surface area contributed by atoms with Crippen molar-refractivity contribution in [1.82, 2.24) is 10.3 Å². The Balaban J connectivity index is 1.39. The van der Waals surface area contributed by atoms with Crippen molar-refractivity contribution < 1.29 is 9.47 Å². The molecule has 0 radical (unpaired) electrons. The summed E-state index contributed by atoms with van der Waals surface area (Å²) in [5.41, 5.74) is 3.91. The second-order valence-corrected chi connectivity index (χ2v) is 6.97. The summed E-state index contributed by atoms with van der Waals surface area (Å²) in [7, 11) is 0. The highest BCUT2D eigenvalue weighted by molar-refractivity contribution is 9.10. The minimum absolute atomic E-state index is 0.499. The maximum atomic E-state index is 5.62. The molecule has 1 N–H and O–H groups in total. The molecule has 0 saturated heterocycles. The number of aromatic nitrogens is 1. The molecule has 5 heteroatoms. The number of ether oxygens (including phenoxy) is 2. The van der Waals surface area contributed by atoms with Crippen molar-refractivity contribution in [2.75, 3.05) is 13.2 Å². The molecule has 0 amide bonds. The fourth-order valence-electron chi connectivity index (χ4n) is 3.23. The van der Waals surface area contributed by atoms with Crippen LogP contribution in [0.25, 0.3) is 0 Å². The molecule has 1 aliphatic heterocycles. The van der Waals surface area contributed by atoms with Crippen molar-refractivity contribution in [2.24, 2.45) is 0 Å². The molecule has 4 nitrogen and oxygen atoms in total. The lowest BCUT2D eigenvalue weighted by Crippen LogP contribution is -2.34. The van der Waals surface area contributed by atoms with Gasteiger partial charge in [-0.15, -0.1) is 0 Å². The number of aryl methyl sites for hydroxylation is 1. The van der Waals surface area contributed by atoms with Crippen LogP contribution in [-0.2, 0) is 19.4 Å². The first-order valence-corrected chi connectivity index (χ1v) is 8.82. The zero-order valence-corrected chi connectivity index (χ0v) is 14.4. The molecular weight excluding hydrogens is 356 g/mol. The number of pyridine rings is 1. The molecule has 2 aliphatic rings. The molecule has 120 valence electrons. The molecule has 0 saturated carbocycles. The van der Waals surface area contributed by atoms with E-state index in [1.807, 2.05) is 6.07 Å². The number of fused-ring (bicyclic) bond motifs is 2. The minimum atomic E-state index is 0.499. The van der Waals surface area contributed by atoms with Crippen molar-refractivity contribution in [3.8, 4) is 11.5 Å². The Labute approximate surface area is 144 Å². The first-order valence-electron chi connectivity index (χ1n) is 8.03. The number of benzene rings is 1. The monoisotopic (exact) mass is 374 g/mol. The molecule has 1 aromatic heterocycles. The van der Waals surface area contributed by atoms with Gasteiger partial charge in [0.2, 0.25) is 0 Å². The van der Waals surface area contributed by atoms with E-state index in [-0.39, 0.29) is 0 Å². The van der Waals surface area contributed by atoms with Gasteiger partial charge in [-0.1, -0.05) is 22.0 Å². The van der Waals surface area contributed by atoms with Crippen LogP contribution in [0.15, 0.2) is 34.9 Å². The molecule has 0 spiro atoms. The summed E-state index contributed by atoms with van der Waals surface area (Å²) in [5.74, 6) is 1.55. The molecule has 1 aliphatic carbocycles. The fraction of sp³-hybridized carbons (Fsp3) is 0.389. The average molecular weight is 375 g/mol. The maximum Gasteiger partial charge on any atom is 0.179 e. The maximum absolute atomic E-state index is 5.62. The Morgan fingerprint density at radius 1 is 1.13 bits per heavy atom. The highest BCUT2D eigenvalue weighted by Crippen LogP contribution is 2.29. The van der Waals surface area contributed by atoms with E-state index in [1.54, 1.807) is 6.20 Å². The van der Waals surface area contributed by atoms with Gasteiger partial charge < -0.3 is 14.8 Å². The molecule has 0 unspecified atom stereocenters. The Morgan fingerprint density at radius 2 is 2.00 bits per heavy atom. The van der Waals surface area contributed by atoms with Gasteiger partial charge in [0.05, 0.1) is 11.9 Å². The third kappa shape index (κ3) is 3.35. The normalized spacial score (nSPS) is 19.3. The van der Waals surface area contributed by atoms with Crippen molar-refractivity contribution in [3.05, 3.63) is 51.8 Å². The van der Waals surface area contributed by atoms with Crippen LogP contribution in [-0.4, -0.2) is 24.2 Å². The molecule has 2 aromatic rings. The average Bonchev–Trinajstić information content (AvgIpc) is 2.59. The summed E-state index contributed by atoms with van der Waals surface area (Å²) in [6.45, 7) is 1.97. The van der Waals surface area contributed by atoms with E-state index in [9.17, 15) is 0 Å². The van der Waals surface area contributed by atoms with Crippen LogP contribution in [0.1, 0.15) is 23.2 Å². The van der Waals surface area contributed by atoms with E-state index in [0.717, 1.165) is 43.0 Å². The summed E-state index contributed by atoms with van der Waals surface area (Å²) in [6.07, 6.45) is 5.13. The lowest BCUT2D eigenvalue weighted by atomic mass is 9.88. The Bertz CT molecular complexity index is 720. The lowest BCUT2D eigenvalue weighted by molar-refractivity contribution is 0.170. The molecule has 2 heterocycles. The highest BCUT2D eigenvalue weighted by Gasteiger charge is 2.19. The zero-order valence-electron chi connectivity index (χ0n) is 12.8. The highest BCUT2D eigenvalue weighted by atomic mass is 79.9. The Kier molecular flexibility index (Phi) is 4.23. The predicted octanol–water partition coefficient (Wildman–Crippen LogP) is 3.26. The molecular formula is C18H19BrN2O2. The van der Waals surface area contributed by atoms with Crippen LogP contribution in [0, 0.1) is 0 Å². The summed E-state index contributed by atoms with van der Waals surface area (Å²) in [4.78, 5) is 4.46. The smallest absolute Gasteiger partial charge is 0.179 e. The topological polar surface area (TPSA) is 43.4 Å². The predicted molar refractivity (Wildman–Crippen MR) is 92.0 cm³/mol. The van der Waals surface area contributed by atoms with Gasteiger partial charge in [-0.05, 0) is 42.5 Å². The number of hydrogen-bond acceptors (Lipinski definition) is 4. The van der Waals surface area contributed by atoms with Crippen LogP contribution < -0.4 is 14.8 Å². The molecule has 1 aromatic carbocycles. The quantitative estimate of drug-likeness (QED) is 0.895. The Morgan fingerprint density at radius 3 is 2.91 bits per heavy atom. The molecule has 23 heavy (non-hydrogen) atoms. The number of nitrogens with zero attached hydrogens (tertiary/aromatic N) is 1. The van der Waals surface area contributed by atoms with Crippen molar-refractivity contribution in [1.29, 1.82) is 0 Å². The van der Waals surface area contributed by atoms with Crippen LogP contribution >= 0.6 is 15.9 Å². The minimum Gasteiger partial charge on any atom is -0.486 e. The number of halogens is 1. The summed E-state index contributed by atoms with van der Waals surface area (Å²) >= 11 is 3.55. The summed E-state index contributed by atoms with van der Waals surface area (Å²) < 4.78 is 12.3. The molecule has 0 fully saturated rings. The number of hydrogen-bond donors (Lipinski definition) is 1. The zero-order chi connectivity index (χ0) is 15.6. The van der Waals surface area contributed by atoms with Crippen LogP contribution in [0.2, 0.25) is 0 Å². The molecule has 4 rings (SSSR count). The van der Waals surface area contributed by atoms with Crippen molar-refractivity contribution in [2.45, 2.75) is 31.8 Å². The van der Waals surface area contributed by atoms with Crippen LogP contribution in [0.5, 0.6) is 11.5 Å². The van der Waals surface area contributed by atoms with E-state index in [0.29, 0.717) is 19.3 Å². The van der Waals surface area contributed by atoms with Crippen molar-refractivity contribution >= 4 is 15.9 Å². The largest absolute Gasteiger partial charge is 0.486 e. The first kappa shape index (κ1) is 15.0. The van der Waals surface area contributed by atoms with E-state index in [4.69, 9.17) is 9.47 Å². The van der Waals surface area contributed by atoms with Gasteiger partial charge in [-0.3, -0.25) is 4.98 Å². The SMILES string of the molecule is Brc1ccc2c(c1)CC[C@H](NCc1cc3c(cn1)OCCO3)C2. The summed E-state index contributed by atoms with van der Waals surface area (Å²) in [6, 6.07) is 9.08. The van der Waals surface area contributed by atoms with E-state index in [2.05, 4.69) is 44.4 Å². The van der Waals surface area contributed by atoms with Gasteiger partial charge in [0.15, 0.2) is 11.5 Å². The van der Waals surface area contributed by atoms with E-state index < -0.39 is 0 Å². The van der Waals surface area contributed by atoms with Crippen LogP contribution in [0.3, 0.4) is 0 Å². The third-order valence-corrected chi connectivity index (χ3v) is 4.95. The van der Waals surface area contributed by atoms with Gasteiger partial charge in [0.25, 0.3) is 0 Å². The van der Waals surface area contributed by atoms with Crippen LogP contribution in [0.4, 0.5) is 0 Å². The third-order valence-electron chi connectivity index (χ3n) is 4.46. The van der Waals surface area contributed by atoms with Gasteiger partial charge in [0, 0.05) is 23.1 Å². The van der Waals surface area contributed by atoms with Gasteiger partial charge in [-0.25, -0.2) is 0 Å². The van der Waals surface area contributed by atoms with Gasteiger partial charge >= 0.3 is 0 Å². The standard InChI is InChI=1S/C18H19BrN2O2/c19-14-3-1-13-8-15(4-2-12(13)7-14)20-10-16-9-17-18(11-21-16)23-6-5-22-17/h1,3,7,9,11,15,20H,2,4-6,8,10H2/t15-/m0/s1. The van der Waals surface area contributed by atoms with E-state index >= 15 is 0 Å². The second kappa shape index (κ2) is 6.49. The molecule has 0 bridgehead atoms. The van der Waals surface area contributed by atoms with E-state index in [1.165, 1.54) is 15.6 Å². The number of nitrogens with one attached hydrogen (secondary N) is 1. The lowest BCUT2D eigenvalue weighted by Gasteiger charge is -2.26. The Hall–Kier alpha value is -1.59. The van der Waals surface area contributed by atoms with Gasteiger partial charge in [-0.2, -0.15) is 0 Å². The van der Waals surface area contributed by atoms with Crippen molar-refractivity contribution in [3.63, 3.8) is 0 Å². The number of rotatable bonds is 3.